The van der Waals surface area contributed by atoms with Gasteiger partial charge in [0.2, 0.25) is 0 Å². The molecule has 5 nitrogen and oxygen atoms in total. The van der Waals surface area contributed by atoms with Gasteiger partial charge in [-0.25, -0.2) is 9.18 Å². The fourth-order valence-corrected chi connectivity index (χ4v) is 1.27. The molecule has 0 aliphatic heterocycles. The predicted molar refractivity (Wildman–Crippen MR) is 68.3 cm³/mol. The molecule has 0 bridgehead atoms. The molecule has 0 aliphatic carbocycles. The first-order valence-electron chi connectivity index (χ1n) is 5.69. The number of carbonyl (C=O) groups excluding carboxylic acids is 2. The van der Waals surface area contributed by atoms with Gasteiger partial charge >= 0.3 is 6.09 Å². The summed E-state index contributed by atoms with van der Waals surface area (Å²) in [7, 11) is 0. The molecule has 0 saturated carbocycles. The average molecular weight is 266 g/mol. The number of alkyl carbamates (subject to hydrolysis) is 1. The van der Waals surface area contributed by atoms with Crippen LogP contribution < -0.4 is 10.6 Å². The van der Waals surface area contributed by atoms with Crippen LogP contribution in [-0.4, -0.2) is 31.7 Å². The number of hydrogen-bond donors (Lipinski definition) is 2. The van der Waals surface area contributed by atoms with Crippen molar-refractivity contribution in [3.05, 3.63) is 48.3 Å². The zero-order valence-corrected chi connectivity index (χ0v) is 10.3. The maximum absolute atomic E-state index is 13.3. The Morgan fingerprint density at radius 2 is 1.95 bits per heavy atom. The monoisotopic (exact) mass is 266 g/mol. The fraction of sp³-hybridized carbons (Fsp3) is 0.231. The third kappa shape index (κ3) is 5.20. The summed E-state index contributed by atoms with van der Waals surface area (Å²) in [5.41, 5.74) is -0.0308. The number of hydrogen-bond acceptors (Lipinski definition) is 3. The lowest BCUT2D eigenvalue weighted by Gasteiger charge is -2.07. The number of nitrogens with one attached hydrogen (secondary N) is 2. The van der Waals surface area contributed by atoms with Gasteiger partial charge in [-0.3, -0.25) is 4.79 Å². The van der Waals surface area contributed by atoms with Crippen molar-refractivity contribution in [3.8, 4) is 0 Å². The zero-order chi connectivity index (χ0) is 14.1. The molecule has 102 valence electrons. The van der Waals surface area contributed by atoms with Gasteiger partial charge in [0.15, 0.2) is 0 Å². The van der Waals surface area contributed by atoms with E-state index >= 15 is 0 Å². The summed E-state index contributed by atoms with van der Waals surface area (Å²) in [5, 5.41) is 4.90. The van der Waals surface area contributed by atoms with Gasteiger partial charge in [-0.1, -0.05) is 24.8 Å². The zero-order valence-electron chi connectivity index (χ0n) is 10.3. The first kappa shape index (κ1) is 14.7. The second kappa shape index (κ2) is 7.86. The Kier molecular flexibility index (Phi) is 6.08. The molecule has 0 heterocycles. The molecule has 19 heavy (non-hydrogen) atoms. The van der Waals surface area contributed by atoms with Crippen molar-refractivity contribution in [2.75, 3.05) is 19.7 Å². The maximum Gasteiger partial charge on any atom is 0.407 e. The minimum atomic E-state index is -0.597. The summed E-state index contributed by atoms with van der Waals surface area (Å²) in [6, 6.07) is 5.67. The number of ether oxygens (including phenoxy) is 1. The first-order valence-corrected chi connectivity index (χ1v) is 5.69. The normalized spacial score (nSPS) is 9.53. The number of amides is 2. The highest BCUT2D eigenvalue weighted by Gasteiger charge is 2.09. The minimum Gasteiger partial charge on any atom is -0.445 e. The Balaban J connectivity index is 2.26. The summed E-state index contributed by atoms with van der Waals surface area (Å²) in [6.45, 7) is 3.88. The second-order valence-electron chi connectivity index (χ2n) is 3.55. The number of benzene rings is 1. The number of rotatable bonds is 6. The molecule has 0 aromatic heterocycles. The summed E-state index contributed by atoms with van der Waals surface area (Å²) >= 11 is 0. The van der Waals surface area contributed by atoms with Crippen LogP contribution in [0.15, 0.2) is 36.9 Å². The van der Waals surface area contributed by atoms with Gasteiger partial charge in [-0.05, 0) is 12.1 Å². The summed E-state index contributed by atoms with van der Waals surface area (Å²) < 4.78 is 17.9. The highest BCUT2D eigenvalue weighted by molar-refractivity contribution is 5.94. The van der Waals surface area contributed by atoms with Crippen LogP contribution in [0.25, 0.3) is 0 Å². The Morgan fingerprint density at radius 3 is 2.63 bits per heavy atom. The van der Waals surface area contributed by atoms with Crippen molar-refractivity contribution < 1.29 is 18.7 Å². The highest BCUT2D eigenvalue weighted by atomic mass is 19.1. The van der Waals surface area contributed by atoms with Crippen LogP contribution in [0.3, 0.4) is 0 Å². The lowest BCUT2D eigenvalue weighted by molar-refractivity contribution is 0.0948. The van der Waals surface area contributed by atoms with E-state index in [9.17, 15) is 14.0 Å². The van der Waals surface area contributed by atoms with E-state index in [1.165, 1.54) is 24.3 Å². The quantitative estimate of drug-likeness (QED) is 0.605. The van der Waals surface area contributed by atoms with Crippen molar-refractivity contribution in [2.45, 2.75) is 0 Å². The van der Waals surface area contributed by atoms with Crippen molar-refractivity contribution in [2.24, 2.45) is 0 Å². The van der Waals surface area contributed by atoms with Crippen LogP contribution in [0.2, 0.25) is 0 Å². The van der Waals surface area contributed by atoms with E-state index in [2.05, 4.69) is 21.9 Å². The van der Waals surface area contributed by atoms with Gasteiger partial charge in [-0.2, -0.15) is 0 Å². The average Bonchev–Trinajstić information content (AvgIpc) is 2.41. The molecule has 0 atom stereocenters. The van der Waals surface area contributed by atoms with Gasteiger partial charge in [-0.15, -0.1) is 0 Å². The molecule has 0 spiro atoms. The van der Waals surface area contributed by atoms with Crippen molar-refractivity contribution in [1.29, 1.82) is 0 Å². The molecule has 0 unspecified atom stereocenters. The Bertz CT molecular complexity index is 463. The van der Waals surface area contributed by atoms with E-state index in [1.807, 2.05) is 0 Å². The van der Waals surface area contributed by atoms with E-state index in [-0.39, 0.29) is 25.3 Å². The smallest absolute Gasteiger partial charge is 0.407 e. The Hall–Kier alpha value is -2.37. The highest BCUT2D eigenvalue weighted by Crippen LogP contribution is 2.05. The van der Waals surface area contributed by atoms with Crippen LogP contribution in [0.5, 0.6) is 0 Å². The van der Waals surface area contributed by atoms with E-state index < -0.39 is 17.8 Å². The van der Waals surface area contributed by atoms with E-state index in [0.717, 1.165) is 0 Å². The maximum atomic E-state index is 13.3. The number of carbonyl (C=O) groups is 2. The number of halogens is 1. The fourth-order valence-electron chi connectivity index (χ4n) is 1.27. The standard InChI is InChI=1S/C13H15FN2O3/c1-2-9-19-13(18)16-8-7-15-12(17)10-5-3-4-6-11(10)14/h2-6H,1,7-9H2,(H,15,17)(H,16,18). The third-order valence-electron chi connectivity index (χ3n) is 2.13. The van der Waals surface area contributed by atoms with Gasteiger partial charge in [0, 0.05) is 13.1 Å². The van der Waals surface area contributed by atoms with Crippen molar-refractivity contribution in [3.63, 3.8) is 0 Å². The summed E-state index contributed by atoms with van der Waals surface area (Å²) in [4.78, 5) is 22.6. The molecule has 0 aliphatic rings. The van der Waals surface area contributed by atoms with Crippen LogP contribution in [0, 0.1) is 5.82 Å². The molecule has 1 rings (SSSR count). The summed E-state index contributed by atoms with van der Waals surface area (Å²) in [5.74, 6) is -1.11. The van der Waals surface area contributed by atoms with Crippen LogP contribution in [0.4, 0.5) is 9.18 Å². The molecule has 6 heteroatoms. The Labute approximate surface area is 110 Å². The third-order valence-corrected chi connectivity index (χ3v) is 2.13. The lowest BCUT2D eigenvalue weighted by Crippen LogP contribution is -2.35. The summed E-state index contributed by atoms with van der Waals surface area (Å²) in [6.07, 6.45) is 0.847. The molecule has 2 N–H and O–H groups in total. The minimum absolute atomic E-state index is 0.0308. The van der Waals surface area contributed by atoms with Crippen LogP contribution in [0.1, 0.15) is 10.4 Å². The second-order valence-corrected chi connectivity index (χ2v) is 3.55. The molecule has 0 radical (unpaired) electrons. The molecular weight excluding hydrogens is 251 g/mol. The lowest BCUT2D eigenvalue weighted by atomic mass is 10.2. The molecule has 0 saturated heterocycles. The van der Waals surface area contributed by atoms with Crippen LogP contribution in [-0.2, 0) is 4.74 Å². The van der Waals surface area contributed by atoms with E-state index in [4.69, 9.17) is 0 Å². The van der Waals surface area contributed by atoms with Crippen molar-refractivity contribution >= 4 is 12.0 Å². The largest absolute Gasteiger partial charge is 0.445 e. The molecule has 2 amide bonds. The van der Waals surface area contributed by atoms with Gasteiger partial charge in [0.05, 0.1) is 5.56 Å². The molecule has 1 aromatic rings. The SMILES string of the molecule is C=CCOC(=O)NCCNC(=O)c1ccccc1F. The van der Waals surface area contributed by atoms with Crippen LogP contribution >= 0.6 is 0 Å². The molecular formula is C13H15FN2O3. The topological polar surface area (TPSA) is 67.4 Å². The first-order chi connectivity index (χ1) is 9.15. The van der Waals surface area contributed by atoms with Gasteiger partial charge < -0.3 is 15.4 Å². The van der Waals surface area contributed by atoms with Gasteiger partial charge in [0.1, 0.15) is 12.4 Å². The molecule has 1 aromatic carbocycles. The predicted octanol–water partition coefficient (Wildman–Crippen LogP) is 1.47. The Morgan fingerprint density at radius 1 is 1.26 bits per heavy atom. The van der Waals surface area contributed by atoms with E-state index in [0.29, 0.717) is 0 Å². The van der Waals surface area contributed by atoms with E-state index in [1.54, 1.807) is 6.07 Å². The van der Waals surface area contributed by atoms with Gasteiger partial charge in [0.25, 0.3) is 5.91 Å². The molecule has 0 fully saturated rings. The van der Waals surface area contributed by atoms with Crippen molar-refractivity contribution in [1.82, 2.24) is 10.6 Å².